The Kier molecular flexibility index (Phi) is 7.29. The normalized spacial score (nSPS) is 39.2. The Balaban J connectivity index is 3.27. The molecule has 0 fully saturated rings. The lowest BCUT2D eigenvalue weighted by molar-refractivity contribution is -0.164. The molecule has 0 aromatic carbocycles. The van der Waals surface area contributed by atoms with Gasteiger partial charge in [0.2, 0.25) is 0 Å². The van der Waals surface area contributed by atoms with E-state index in [2.05, 4.69) is 0 Å². The molecule has 5 atom stereocenters. The van der Waals surface area contributed by atoms with E-state index >= 15 is 0 Å². The second kappa shape index (κ2) is 8.56. The second-order valence-corrected chi connectivity index (χ2v) is 7.34. The molecule has 0 unspecified atom stereocenters. The van der Waals surface area contributed by atoms with Crippen molar-refractivity contribution in [2.45, 2.75) is 66.1 Å². The lowest BCUT2D eigenvalue weighted by Gasteiger charge is -2.30. The molecule has 1 rings (SSSR count). The van der Waals surface area contributed by atoms with Crippen molar-refractivity contribution in [3.05, 3.63) is 23.8 Å². The molecule has 5 nitrogen and oxygen atoms in total. The van der Waals surface area contributed by atoms with Gasteiger partial charge in [0.1, 0.15) is 11.7 Å². The van der Waals surface area contributed by atoms with E-state index in [9.17, 15) is 19.5 Å². The van der Waals surface area contributed by atoms with Crippen molar-refractivity contribution < 1.29 is 24.2 Å². The molecule has 0 radical (unpaired) electrons. The topological polar surface area (TPSA) is 80.7 Å². The first-order valence-electron chi connectivity index (χ1n) is 8.88. The summed E-state index contributed by atoms with van der Waals surface area (Å²) in [4.78, 5) is 37.0. The number of cyclic esters (lactones) is 1. The number of carbonyl (C=O) groups is 3. The molecule has 1 aliphatic heterocycles. The first-order valence-corrected chi connectivity index (χ1v) is 8.88. The minimum absolute atomic E-state index is 0.0700. The Hall–Kier alpha value is -1.75. The summed E-state index contributed by atoms with van der Waals surface area (Å²) < 4.78 is 5.47. The van der Waals surface area contributed by atoms with E-state index in [1.807, 2.05) is 0 Å². The van der Waals surface area contributed by atoms with E-state index in [0.717, 1.165) is 0 Å². The van der Waals surface area contributed by atoms with Crippen molar-refractivity contribution in [2.75, 3.05) is 0 Å². The standard InChI is InChI=1S/C20H30O5/c1-7-17-20(6,24)9-8-16(21)12(2)10-13(3)18(22)14(4)11-15(5)19(23)25-17/h8-10,12,14-15,17,24H,7,11H2,1-6H3/b9-8+,13-10+/t12-,14+,15-,17+,20-/m1/s1. The zero-order valence-electron chi connectivity index (χ0n) is 16.0. The largest absolute Gasteiger partial charge is 0.459 e. The number of allylic oxidation sites excluding steroid dienone is 3. The Morgan fingerprint density at radius 1 is 1.20 bits per heavy atom. The van der Waals surface area contributed by atoms with E-state index in [-0.39, 0.29) is 17.5 Å². The van der Waals surface area contributed by atoms with E-state index in [1.54, 1.807) is 40.7 Å². The van der Waals surface area contributed by atoms with Gasteiger partial charge in [0.25, 0.3) is 0 Å². The van der Waals surface area contributed by atoms with E-state index in [0.29, 0.717) is 18.4 Å². The highest BCUT2D eigenvalue weighted by molar-refractivity contribution is 5.99. The van der Waals surface area contributed by atoms with Crippen LogP contribution in [0.2, 0.25) is 0 Å². The molecule has 0 saturated carbocycles. The molecule has 1 heterocycles. The number of ether oxygens (including phenoxy) is 1. The van der Waals surface area contributed by atoms with Crippen molar-refractivity contribution in [3.8, 4) is 0 Å². The molecule has 1 N–H and O–H groups in total. The highest BCUT2D eigenvalue weighted by Crippen LogP contribution is 2.24. The molecule has 25 heavy (non-hydrogen) atoms. The molecule has 0 aliphatic carbocycles. The fourth-order valence-electron chi connectivity index (χ4n) is 3.04. The molecular weight excluding hydrogens is 320 g/mol. The van der Waals surface area contributed by atoms with Crippen molar-refractivity contribution in [1.82, 2.24) is 0 Å². The summed E-state index contributed by atoms with van der Waals surface area (Å²) in [5.41, 5.74) is -0.929. The molecule has 0 aromatic rings. The van der Waals surface area contributed by atoms with Crippen LogP contribution in [-0.4, -0.2) is 34.3 Å². The summed E-state index contributed by atoms with van der Waals surface area (Å²) in [5, 5.41) is 10.6. The smallest absolute Gasteiger partial charge is 0.309 e. The fourth-order valence-corrected chi connectivity index (χ4v) is 3.04. The van der Waals surface area contributed by atoms with Crippen LogP contribution in [0.3, 0.4) is 0 Å². The van der Waals surface area contributed by atoms with Crippen LogP contribution in [0.5, 0.6) is 0 Å². The predicted molar refractivity (Wildman–Crippen MR) is 95.8 cm³/mol. The third kappa shape index (κ3) is 5.63. The Morgan fingerprint density at radius 2 is 1.80 bits per heavy atom. The number of carbonyl (C=O) groups excluding carboxylic acids is 3. The second-order valence-electron chi connectivity index (χ2n) is 7.34. The molecule has 140 valence electrons. The van der Waals surface area contributed by atoms with Crippen LogP contribution in [-0.2, 0) is 19.1 Å². The summed E-state index contributed by atoms with van der Waals surface area (Å²) in [6.45, 7) is 10.2. The zero-order chi connectivity index (χ0) is 19.4. The van der Waals surface area contributed by atoms with Gasteiger partial charge in [-0.3, -0.25) is 14.4 Å². The van der Waals surface area contributed by atoms with E-state index in [1.165, 1.54) is 19.1 Å². The zero-order valence-corrected chi connectivity index (χ0v) is 16.0. The van der Waals surface area contributed by atoms with Gasteiger partial charge in [-0.05, 0) is 44.4 Å². The molecule has 0 bridgehead atoms. The minimum atomic E-state index is -1.44. The van der Waals surface area contributed by atoms with Crippen molar-refractivity contribution in [3.63, 3.8) is 0 Å². The lowest BCUT2D eigenvalue weighted by atomic mass is 9.88. The SMILES string of the molecule is CC[C@@H]1OC(=O)[C@H](C)C[C@H](C)C(=O)/C(C)=C/[C@@H](C)C(=O)/C=C/[C@@]1(C)O. The van der Waals surface area contributed by atoms with Crippen molar-refractivity contribution in [2.24, 2.45) is 17.8 Å². The van der Waals surface area contributed by atoms with Crippen LogP contribution in [0.1, 0.15) is 54.4 Å². The summed E-state index contributed by atoms with van der Waals surface area (Å²) >= 11 is 0. The molecule has 0 amide bonds. The summed E-state index contributed by atoms with van der Waals surface area (Å²) in [6.07, 6.45) is 4.33. The average Bonchev–Trinajstić information content (AvgIpc) is 2.55. The third-order valence-electron chi connectivity index (χ3n) is 4.76. The molecule has 5 heteroatoms. The first-order chi connectivity index (χ1) is 11.5. The van der Waals surface area contributed by atoms with Gasteiger partial charge < -0.3 is 9.84 Å². The molecule has 0 saturated heterocycles. The van der Waals surface area contributed by atoms with Crippen LogP contribution in [0, 0.1) is 17.8 Å². The summed E-state index contributed by atoms with van der Waals surface area (Å²) in [7, 11) is 0. The molecule has 0 aromatic heterocycles. The fraction of sp³-hybridized carbons (Fsp3) is 0.650. The van der Waals surface area contributed by atoms with Gasteiger partial charge in [-0.15, -0.1) is 0 Å². The summed E-state index contributed by atoms with van der Waals surface area (Å²) in [6, 6.07) is 0. The third-order valence-corrected chi connectivity index (χ3v) is 4.76. The number of Topliss-reactive ketones (excluding diaryl/α,β-unsaturated/α-hetero) is 1. The van der Waals surface area contributed by atoms with Crippen LogP contribution >= 0.6 is 0 Å². The molecule has 1 aliphatic rings. The van der Waals surface area contributed by atoms with Gasteiger partial charge in [-0.25, -0.2) is 0 Å². The highest BCUT2D eigenvalue weighted by atomic mass is 16.6. The number of hydrogen-bond acceptors (Lipinski definition) is 5. The van der Waals surface area contributed by atoms with Crippen LogP contribution in [0.4, 0.5) is 0 Å². The van der Waals surface area contributed by atoms with Crippen LogP contribution < -0.4 is 0 Å². The van der Waals surface area contributed by atoms with E-state index < -0.39 is 29.5 Å². The maximum atomic E-state index is 12.5. The van der Waals surface area contributed by atoms with Gasteiger partial charge >= 0.3 is 5.97 Å². The summed E-state index contributed by atoms with van der Waals surface area (Å²) in [5.74, 6) is -2.00. The Bertz CT molecular complexity index is 585. The average molecular weight is 350 g/mol. The van der Waals surface area contributed by atoms with Crippen LogP contribution in [0.15, 0.2) is 23.8 Å². The number of aliphatic hydroxyl groups is 1. The number of hydrogen-bond donors (Lipinski definition) is 1. The maximum Gasteiger partial charge on any atom is 0.309 e. The van der Waals surface area contributed by atoms with Gasteiger partial charge in [0.05, 0.1) is 5.92 Å². The number of ketones is 2. The van der Waals surface area contributed by atoms with Crippen molar-refractivity contribution in [1.29, 1.82) is 0 Å². The maximum absolute atomic E-state index is 12.5. The predicted octanol–water partition coefficient (Wildman–Crippen LogP) is 3.01. The highest BCUT2D eigenvalue weighted by Gasteiger charge is 2.34. The number of esters is 1. The van der Waals surface area contributed by atoms with E-state index in [4.69, 9.17) is 4.74 Å². The van der Waals surface area contributed by atoms with Crippen molar-refractivity contribution >= 4 is 17.5 Å². The first kappa shape index (κ1) is 21.3. The van der Waals surface area contributed by atoms with Gasteiger partial charge in [0.15, 0.2) is 11.6 Å². The number of rotatable bonds is 1. The van der Waals surface area contributed by atoms with Gasteiger partial charge in [-0.2, -0.15) is 0 Å². The minimum Gasteiger partial charge on any atom is -0.459 e. The molecule has 0 spiro atoms. The Labute approximate surface area is 150 Å². The Morgan fingerprint density at radius 3 is 2.36 bits per heavy atom. The lowest BCUT2D eigenvalue weighted by Crippen LogP contribution is -2.41. The molecular formula is C20H30O5. The van der Waals surface area contributed by atoms with Gasteiger partial charge in [0, 0.05) is 11.8 Å². The monoisotopic (exact) mass is 350 g/mol. The van der Waals surface area contributed by atoms with Crippen LogP contribution in [0.25, 0.3) is 0 Å². The quantitative estimate of drug-likeness (QED) is 0.735. The van der Waals surface area contributed by atoms with Gasteiger partial charge in [-0.1, -0.05) is 33.8 Å².